The molecule has 1 unspecified atom stereocenters. The average molecular weight is 470 g/mol. The van der Waals surface area contributed by atoms with E-state index in [2.05, 4.69) is 16.9 Å². The molecule has 0 fully saturated rings. The normalized spacial score (nSPS) is 12.0. The highest BCUT2D eigenvalue weighted by Crippen LogP contribution is 2.28. The minimum Gasteiger partial charge on any atom is -0.494 e. The first kappa shape index (κ1) is 23.9. The SMILES string of the molecule is C=CC(Nc1cnccc1OC)S(=O)(=O)c1ccccc1C(=O)N(C)Cc1ccccc1F. The van der Waals surface area contributed by atoms with Crippen molar-refractivity contribution in [1.82, 2.24) is 9.88 Å². The summed E-state index contributed by atoms with van der Waals surface area (Å²) in [6, 6.07) is 13.6. The molecule has 33 heavy (non-hydrogen) atoms. The summed E-state index contributed by atoms with van der Waals surface area (Å²) < 4.78 is 46.3. The van der Waals surface area contributed by atoms with Gasteiger partial charge in [0.2, 0.25) is 9.84 Å². The van der Waals surface area contributed by atoms with E-state index in [0.29, 0.717) is 17.0 Å². The van der Waals surface area contributed by atoms with Crippen molar-refractivity contribution in [2.75, 3.05) is 19.5 Å². The third-order valence-corrected chi connectivity index (χ3v) is 6.93. The smallest absolute Gasteiger partial charge is 0.255 e. The molecule has 9 heteroatoms. The number of carbonyl (C=O) groups is 1. The van der Waals surface area contributed by atoms with Crippen molar-refractivity contribution >= 4 is 21.4 Å². The summed E-state index contributed by atoms with van der Waals surface area (Å²) in [5, 5.41) is 1.60. The number of benzene rings is 2. The first-order valence-electron chi connectivity index (χ1n) is 9.98. The van der Waals surface area contributed by atoms with Gasteiger partial charge < -0.3 is 15.0 Å². The minimum atomic E-state index is -4.10. The van der Waals surface area contributed by atoms with E-state index in [1.165, 1.54) is 61.8 Å². The van der Waals surface area contributed by atoms with E-state index in [-0.39, 0.29) is 17.0 Å². The number of nitrogens with zero attached hydrogens (tertiary/aromatic N) is 2. The Hall–Kier alpha value is -3.72. The Morgan fingerprint density at radius 1 is 1.21 bits per heavy atom. The predicted octanol–water partition coefficient (Wildman–Crippen LogP) is 3.90. The number of methoxy groups -OCH3 is 1. The van der Waals surface area contributed by atoms with Crippen molar-refractivity contribution in [3.63, 3.8) is 0 Å². The highest BCUT2D eigenvalue weighted by Gasteiger charge is 2.31. The molecule has 1 aromatic heterocycles. The summed E-state index contributed by atoms with van der Waals surface area (Å²) in [5.74, 6) is -0.598. The van der Waals surface area contributed by atoms with E-state index in [1.54, 1.807) is 30.3 Å². The Labute approximate surface area is 192 Å². The Morgan fingerprint density at radius 2 is 1.91 bits per heavy atom. The van der Waals surface area contributed by atoms with Crippen LogP contribution in [-0.2, 0) is 16.4 Å². The van der Waals surface area contributed by atoms with Crippen LogP contribution in [0.2, 0.25) is 0 Å². The first-order chi connectivity index (χ1) is 15.8. The van der Waals surface area contributed by atoms with Gasteiger partial charge in [0.15, 0.2) is 5.37 Å². The monoisotopic (exact) mass is 469 g/mol. The van der Waals surface area contributed by atoms with Crippen molar-refractivity contribution in [3.05, 3.63) is 96.6 Å². The number of sulfone groups is 1. The number of aromatic nitrogens is 1. The van der Waals surface area contributed by atoms with Gasteiger partial charge in [-0.3, -0.25) is 9.78 Å². The van der Waals surface area contributed by atoms with E-state index in [9.17, 15) is 17.6 Å². The van der Waals surface area contributed by atoms with Crippen molar-refractivity contribution in [2.24, 2.45) is 0 Å². The van der Waals surface area contributed by atoms with Gasteiger partial charge >= 0.3 is 0 Å². The molecule has 3 aromatic rings. The fourth-order valence-corrected chi connectivity index (χ4v) is 4.81. The van der Waals surface area contributed by atoms with Crippen LogP contribution in [-0.4, -0.2) is 43.7 Å². The maximum absolute atomic E-state index is 14.0. The second-order valence-electron chi connectivity index (χ2n) is 7.17. The van der Waals surface area contributed by atoms with Crippen LogP contribution in [0, 0.1) is 5.82 Å². The molecule has 0 aliphatic carbocycles. The lowest BCUT2D eigenvalue weighted by atomic mass is 10.1. The van der Waals surface area contributed by atoms with Gasteiger partial charge in [0.25, 0.3) is 5.91 Å². The summed E-state index contributed by atoms with van der Waals surface area (Å²) in [5.41, 5.74) is 0.653. The van der Waals surface area contributed by atoms with Gasteiger partial charge in [-0.25, -0.2) is 12.8 Å². The molecule has 1 amide bonds. The summed E-state index contributed by atoms with van der Waals surface area (Å²) >= 11 is 0. The molecular formula is C24H24FN3O4S. The number of nitrogens with one attached hydrogen (secondary N) is 1. The van der Waals surface area contributed by atoms with Gasteiger partial charge in [0, 0.05) is 31.4 Å². The molecule has 1 atom stereocenters. The Kier molecular flexibility index (Phi) is 7.44. The number of halogens is 1. The van der Waals surface area contributed by atoms with Gasteiger partial charge in [0.1, 0.15) is 11.6 Å². The summed E-state index contributed by atoms with van der Waals surface area (Å²) in [6.45, 7) is 3.62. The largest absolute Gasteiger partial charge is 0.494 e. The lowest BCUT2D eigenvalue weighted by Gasteiger charge is -2.22. The zero-order valence-corrected chi connectivity index (χ0v) is 19.0. The summed E-state index contributed by atoms with van der Waals surface area (Å²) in [7, 11) is -1.15. The highest BCUT2D eigenvalue weighted by molar-refractivity contribution is 7.92. The van der Waals surface area contributed by atoms with E-state index >= 15 is 0 Å². The summed E-state index contributed by atoms with van der Waals surface area (Å²) in [6.07, 6.45) is 4.18. The van der Waals surface area contributed by atoms with E-state index in [1.807, 2.05) is 0 Å². The number of carbonyl (C=O) groups excluding carboxylic acids is 1. The molecule has 0 bridgehead atoms. The van der Waals surface area contributed by atoms with Crippen LogP contribution in [0.3, 0.4) is 0 Å². The fraction of sp³-hybridized carbons (Fsp3) is 0.167. The number of pyridine rings is 1. The molecule has 1 N–H and O–H groups in total. The average Bonchev–Trinajstić information content (AvgIpc) is 2.83. The van der Waals surface area contributed by atoms with Crippen LogP contribution < -0.4 is 10.1 Å². The third kappa shape index (κ3) is 5.20. The van der Waals surface area contributed by atoms with E-state index in [0.717, 1.165) is 0 Å². The number of rotatable bonds is 9. The highest BCUT2D eigenvalue weighted by atomic mass is 32.2. The van der Waals surface area contributed by atoms with Crippen LogP contribution in [0.25, 0.3) is 0 Å². The number of amides is 1. The Bertz CT molecular complexity index is 1260. The van der Waals surface area contributed by atoms with Crippen molar-refractivity contribution in [2.45, 2.75) is 16.8 Å². The molecule has 0 spiro atoms. The topological polar surface area (TPSA) is 88.6 Å². The predicted molar refractivity (Wildman–Crippen MR) is 124 cm³/mol. The molecule has 3 rings (SSSR count). The molecule has 0 aliphatic heterocycles. The zero-order chi connectivity index (χ0) is 24.0. The second kappa shape index (κ2) is 10.3. The van der Waals surface area contributed by atoms with Crippen molar-refractivity contribution < 1.29 is 22.3 Å². The van der Waals surface area contributed by atoms with E-state index in [4.69, 9.17) is 4.74 Å². The molecule has 0 saturated heterocycles. The van der Waals surface area contributed by atoms with Gasteiger partial charge in [-0.15, -0.1) is 0 Å². The molecular weight excluding hydrogens is 445 g/mol. The minimum absolute atomic E-state index is 0.0179. The maximum Gasteiger partial charge on any atom is 0.255 e. The molecule has 1 heterocycles. The van der Waals surface area contributed by atoms with Crippen molar-refractivity contribution in [1.29, 1.82) is 0 Å². The maximum atomic E-state index is 14.0. The lowest BCUT2D eigenvalue weighted by Crippen LogP contribution is -2.32. The second-order valence-corrected chi connectivity index (χ2v) is 9.21. The molecule has 172 valence electrons. The van der Waals surface area contributed by atoms with Crippen LogP contribution in [0.5, 0.6) is 5.75 Å². The quantitative estimate of drug-likeness (QED) is 0.478. The third-order valence-electron chi connectivity index (χ3n) is 4.98. The van der Waals surface area contributed by atoms with E-state index < -0.39 is 26.9 Å². The molecule has 0 saturated carbocycles. The van der Waals surface area contributed by atoms with Gasteiger partial charge in [-0.1, -0.05) is 43.0 Å². The fourth-order valence-electron chi connectivity index (χ4n) is 3.27. The zero-order valence-electron chi connectivity index (χ0n) is 18.2. The van der Waals surface area contributed by atoms with Crippen LogP contribution in [0.1, 0.15) is 15.9 Å². The van der Waals surface area contributed by atoms with Crippen LogP contribution >= 0.6 is 0 Å². The molecule has 0 radical (unpaired) electrons. The van der Waals surface area contributed by atoms with Crippen LogP contribution in [0.15, 0.2) is 84.5 Å². The van der Waals surface area contributed by atoms with Gasteiger partial charge in [-0.05, 0) is 18.2 Å². The molecule has 2 aromatic carbocycles. The Balaban J connectivity index is 1.93. The number of hydrogen-bond acceptors (Lipinski definition) is 6. The van der Waals surface area contributed by atoms with Crippen molar-refractivity contribution in [3.8, 4) is 5.75 Å². The van der Waals surface area contributed by atoms with Gasteiger partial charge in [0.05, 0.1) is 29.5 Å². The number of ether oxygens (including phenoxy) is 1. The van der Waals surface area contributed by atoms with Gasteiger partial charge in [-0.2, -0.15) is 0 Å². The standard InChI is InChI=1S/C24H24FN3O4S/c1-4-23(27-20-15-26-14-13-21(20)32-3)33(30,31)22-12-8-6-10-18(22)24(29)28(2)16-17-9-5-7-11-19(17)25/h4-15,23,27H,1,16H2,2-3H3. The Morgan fingerprint density at radius 3 is 2.61 bits per heavy atom. The molecule has 7 nitrogen and oxygen atoms in total. The summed E-state index contributed by atoms with van der Waals surface area (Å²) in [4.78, 5) is 18.2. The molecule has 0 aliphatic rings. The number of anilines is 1. The lowest BCUT2D eigenvalue weighted by molar-refractivity contribution is 0.0780. The number of hydrogen-bond donors (Lipinski definition) is 1. The van der Waals surface area contributed by atoms with Crippen LogP contribution in [0.4, 0.5) is 10.1 Å². The first-order valence-corrected chi connectivity index (χ1v) is 11.5.